The number of hydrogen-bond acceptors (Lipinski definition) is 5. The van der Waals surface area contributed by atoms with E-state index in [1.54, 1.807) is 18.3 Å². The first-order valence-electron chi connectivity index (χ1n) is 8.38. The van der Waals surface area contributed by atoms with Crippen molar-refractivity contribution in [1.82, 2.24) is 10.2 Å². The Balaban J connectivity index is 2.09. The number of hydrogen-bond donors (Lipinski definition) is 1. The zero-order valence-electron chi connectivity index (χ0n) is 15.4. The maximum absolute atomic E-state index is 12.1. The standard InChI is InChI=1S/C20H21N3O4/c1-14-8-10-15(11-9-14)19(27-18-12-13-21-22-18)16-6-4-5-7-17(16)23(26-3)20(24)25-2/h4-13,19H,1-3H3,(H,21,22). The van der Waals surface area contributed by atoms with Crippen LogP contribution in [-0.2, 0) is 9.57 Å². The first-order chi connectivity index (χ1) is 13.1. The molecule has 140 valence electrons. The maximum atomic E-state index is 12.1. The van der Waals surface area contributed by atoms with E-state index in [0.717, 1.165) is 21.8 Å². The molecule has 27 heavy (non-hydrogen) atoms. The lowest BCUT2D eigenvalue weighted by molar-refractivity contribution is 0.114. The number of carbonyl (C=O) groups is 1. The Morgan fingerprint density at radius 2 is 1.81 bits per heavy atom. The maximum Gasteiger partial charge on any atom is 0.438 e. The average molecular weight is 367 g/mol. The van der Waals surface area contributed by atoms with Gasteiger partial charge in [-0.3, -0.25) is 9.94 Å². The van der Waals surface area contributed by atoms with Gasteiger partial charge in [0.05, 0.1) is 19.9 Å². The van der Waals surface area contributed by atoms with E-state index in [-0.39, 0.29) is 0 Å². The minimum atomic E-state index is -0.632. The van der Waals surface area contributed by atoms with Crippen molar-refractivity contribution in [3.8, 4) is 5.88 Å². The van der Waals surface area contributed by atoms with Crippen LogP contribution in [0.4, 0.5) is 10.5 Å². The van der Waals surface area contributed by atoms with Gasteiger partial charge in [0.15, 0.2) is 6.10 Å². The number of rotatable bonds is 6. The van der Waals surface area contributed by atoms with E-state index in [1.807, 2.05) is 49.4 Å². The minimum Gasteiger partial charge on any atom is -0.463 e. The molecule has 1 atom stereocenters. The SMILES string of the molecule is COC(=O)N(OC)c1ccccc1C(Oc1cc[nH]n1)c1ccc(C)cc1. The zero-order chi connectivity index (χ0) is 19.2. The third-order valence-corrected chi connectivity index (χ3v) is 4.05. The number of para-hydroxylation sites is 1. The molecule has 0 aliphatic heterocycles. The summed E-state index contributed by atoms with van der Waals surface area (Å²) in [6.45, 7) is 2.02. The van der Waals surface area contributed by atoms with Crippen molar-refractivity contribution < 1.29 is 19.1 Å². The van der Waals surface area contributed by atoms with Crippen LogP contribution in [0.2, 0.25) is 0 Å². The van der Waals surface area contributed by atoms with Crippen molar-refractivity contribution in [1.29, 1.82) is 0 Å². The Morgan fingerprint density at radius 1 is 1.07 bits per heavy atom. The molecule has 1 amide bonds. The van der Waals surface area contributed by atoms with Gasteiger partial charge in [-0.05, 0) is 18.6 Å². The first-order valence-corrected chi connectivity index (χ1v) is 8.38. The molecule has 3 aromatic rings. The largest absolute Gasteiger partial charge is 0.463 e. The van der Waals surface area contributed by atoms with Crippen molar-refractivity contribution >= 4 is 11.8 Å². The summed E-state index contributed by atoms with van der Waals surface area (Å²) in [6, 6.07) is 17.1. The molecule has 1 N–H and O–H groups in total. The smallest absolute Gasteiger partial charge is 0.438 e. The highest BCUT2D eigenvalue weighted by Crippen LogP contribution is 2.34. The number of ether oxygens (including phenoxy) is 2. The Bertz CT molecular complexity index is 879. The lowest BCUT2D eigenvalue weighted by Crippen LogP contribution is -2.31. The van der Waals surface area contributed by atoms with Crippen LogP contribution in [0, 0.1) is 6.92 Å². The fraction of sp³-hybridized carbons (Fsp3) is 0.200. The summed E-state index contributed by atoms with van der Waals surface area (Å²) < 4.78 is 11.0. The number of hydroxylamine groups is 1. The van der Waals surface area contributed by atoms with Gasteiger partial charge in [-0.2, -0.15) is 5.06 Å². The lowest BCUT2D eigenvalue weighted by atomic mass is 9.98. The van der Waals surface area contributed by atoms with Gasteiger partial charge in [0.25, 0.3) is 0 Å². The number of anilines is 1. The lowest BCUT2D eigenvalue weighted by Gasteiger charge is -2.25. The van der Waals surface area contributed by atoms with Crippen LogP contribution in [0.3, 0.4) is 0 Å². The van der Waals surface area contributed by atoms with Crippen LogP contribution >= 0.6 is 0 Å². The van der Waals surface area contributed by atoms with E-state index in [9.17, 15) is 4.79 Å². The summed E-state index contributed by atoms with van der Waals surface area (Å²) in [5, 5.41) is 7.91. The monoisotopic (exact) mass is 367 g/mol. The van der Waals surface area contributed by atoms with E-state index >= 15 is 0 Å². The predicted molar refractivity (Wildman–Crippen MR) is 101 cm³/mol. The average Bonchev–Trinajstić information content (AvgIpc) is 3.21. The van der Waals surface area contributed by atoms with Crippen LogP contribution in [-0.4, -0.2) is 30.5 Å². The molecule has 7 heteroatoms. The molecule has 0 bridgehead atoms. The summed E-state index contributed by atoms with van der Waals surface area (Å²) in [7, 11) is 2.71. The molecule has 0 spiro atoms. The topological polar surface area (TPSA) is 76.7 Å². The first kappa shape index (κ1) is 18.5. The molecule has 1 aromatic heterocycles. The molecule has 0 aliphatic carbocycles. The number of methoxy groups -OCH3 is 1. The normalized spacial score (nSPS) is 11.7. The third kappa shape index (κ3) is 4.09. The second-order valence-electron chi connectivity index (χ2n) is 5.83. The molecule has 1 unspecified atom stereocenters. The van der Waals surface area contributed by atoms with E-state index < -0.39 is 12.2 Å². The summed E-state index contributed by atoms with van der Waals surface area (Å²) in [5.41, 5.74) is 3.31. The molecule has 0 saturated carbocycles. The van der Waals surface area contributed by atoms with Crippen LogP contribution in [0.15, 0.2) is 60.8 Å². The molecule has 0 radical (unpaired) electrons. The molecule has 0 fully saturated rings. The van der Waals surface area contributed by atoms with E-state index in [0.29, 0.717) is 11.6 Å². The number of nitrogens with one attached hydrogen (secondary N) is 1. The highest BCUT2D eigenvalue weighted by Gasteiger charge is 2.26. The Hall–Kier alpha value is -3.32. The van der Waals surface area contributed by atoms with Gasteiger partial charge in [0.2, 0.25) is 5.88 Å². The molecular weight excluding hydrogens is 346 g/mol. The predicted octanol–water partition coefficient (Wildman–Crippen LogP) is 4.02. The van der Waals surface area contributed by atoms with Gasteiger partial charge in [0, 0.05) is 17.8 Å². The number of H-pyrrole nitrogens is 1. The highest BCUT2D eigenvalue weighted by atomic mass is 16.7. The number of aryl methyl sites for hydroxylation is 1. The van der Waals surface area contributed by atoms with Gasteiger partial charge in [-0.15, -0.1) is 5.10 Å². The number of amides is 1. The Morgan fingerprint density at radius 3 is 2.44 bits per heavy atom. The van der Waals surface area contributed by atoms with Crippen LogP contribution in [0.1, 0.15) is 22.8 Å². The number of nitrogens with zero attached hydrogens (tertiary/aromatic N) is 2. The fourth-order valence-corrected chi connectivity index (χ4v) is 2.73. The number of aromatic nitrogens is 2. The second kappa shape index (κ2) is 8.37. The van der Waals surface area contributed by atoms with Crippen molar-refractivity contribution in [2.75, 3.05) is 19.3 Å². The van der Waals surface area contributed by atoms with E-state index in [4.69, 9.17) is 14.3 Å². The Kier molecular flexibility index (Phi) is 5.73. The molecule has 1 heterocycles. The van der Waals surface area contributed by atoms with Crippen molar-refractivity contribution in [2.45, 2.75) is 13.0 Å². The van der Waals surface area contributed by atoms with Crippen LogP contribution in [0.5, 0.6) is 5.88 Å². The van der Waals surface area contributed by atoms with E-state index in [2.05, 4.69) is 10.2 Å². The van der Waals surface area contributed by atoms with E-state index in [1.165, 1.54) is 14.2 Å². The summed E-state index contributed by atoms with van der Waals surface area (Å²) in [4.78, 5) is 17.4. The molecule has 7 nitrogen and oxygen atoms in total. The number of benzene rings is 2. The second-order valence-corrected chi connectivity index (χ2v) is 5.83. The highest BCUT2D eigenvalue weighted by molar-refractivity contribution is 5.86. The molecule has 2 aromatic carbocycles. The molecule has 0 aliphatic rings. The van der Waals surface area contributed by atoms with Gasteiger partial charge in [0.1, 0.15) is 0 Å². The van der Waals surface area contributed by atoms with Gasteiger partial charge >= 0.3 is 6.09 Å². The number of carbonyl (C=O) groups excluding carboxylic acids is 1. The molecule has 0 saturated heterocycles. The molecule has 3 rings (SSSR count). The Labute approximate surface area is 157 Å². The van der Waals surface area contributed by atoms with Gasteiger partial charge < -0.3 is 9.47 Å². The van der Waals surface area contributed by atoms with Crippen molar-refractivity contribution in [3.05, 3.63) is 77.5 Å². The van der Waals surface area contributed by atoms with Crippen molar-refractivity contribution in [2.24, 2.45) is 0 Å². The van der Waals surface area contributed by atoms with Crippen LogP contribution < -0.4 is 9.80 Å². The summed E-state index contributed by atoms with van der Waals surface area (Å²) >= 11 is 0. The number of aromatic amines is 1. The quantitative estimate of drug-likeness (QED) is 0.666. The summed E-state index contributed by atoms with van der Waals surface area (Å²) in [5.74, 6) is 0.442. The summed E-state index contributed by atoms with van der Waals surface area (Å²) in [6.07, 6.45) is 0.545. The third-order valence-electron chi connectivity index (χ3n) is 4.05. The van der Waals surface area contributed by atoms with Crippen molar-refractivity contribution in [3.63, 3.8) is 0 Å². The minimum absolute atomic E-state index is 0.442. The van der Waals surface area contributed by atoms with Gasteiger partial charge in [-0.1, -0.05) is 48.0 Å². The zero-order valence-corrected chi connectivity index (χ0v) is 15.4. The van der Waals surface area contributed by atoms with Gasteiger partial charge in [-0.25, -0.2) is 4.79 Å². The van der Waals surface area contributed by atoms with Crippen LogP contribution in [0.25, 0.3) is 0 Å². The fourth-order valence-electron chi connectivity index (χ4n) is 2.73. The molecular formula is C20H21N3O4.